The number of benzene rings is 1. The minimum atomic E-state index is -0.0855. The van der Waals surface area contributed by atoms with Gasteiger partial charge < -0.3 is 9.47 Å². The van der Waals surface area contributed by atoms with Crippen molar-refractivity contribution < 1.29 is 14.3 Å². The van der Waals surface area contributed by atoms with Gasteiger partial charge >= 0.3 is 0 Å². The molecule has 0 aliphatic carbocycles. The zero-order valence-electron chi connectivity index (χ0n) is 9.39. The Bertz CT molecular complexity index is 347. The van der Waals surface area contributed by atoms with Crippen molar-refractivity contribution in [3.05, 3.63) is 35.9 Å². The lowest BCUT2D eigenvalue weighted by Crippen LogP contribution is -2.26. The molecule has 86 valence electrons. The first-order valence-electron chi connectivity index (χ1n) is 5.52. The summed E-state index contributed by atoms with van der Waals surface area (Å²) in [4.78, 5) is 11.1. The maximum atomic E-state index is 11.1. The summed E-state index contributed by atoms with van der Waals surface area (Å²) in [5.41, 5.74) is 1.21. The molecule has 3 nitrogen and oxygen atoms in total. The number of hydrogen-bond donors (Lipinski definition) is 0. The Labute approximate surface area is 95.4 Å². The van der Waals surface area contributed by atoms with E-state index >= 15 is 0 Å². The van der Waals surface area contributed by atoms with Gasteiger partial charge in [0.2, 0.25) is 0 Å². The van der Waals surface area contributed by atoms with E-state index < -0.39 is 0 Å². The van der Waals surface area contributed by atoms with Crippen LogP contribution in [0.2, 0.25) is 0 Å². The number of carbonyl (C=O) groups is 1. The van der Waals surface area contributed by atoms with E-state index in [9.17, 15) is 4.79 Å². The first-order valence-corrected chi connectivity index (χ1v) is 5.52. The Balaban J connectivity index is 1.96. The van der Waals surface area contributed by atoms with Crippen LogP contribution in [0, 0.1) is 0 Å². The average Bonchev–Trinajstić information content (AvgIpc) is 2.66. The minimum absolute atomic E-state index is 0.00583. The lowest BCUT2D eigenvalue weighted by atomic mass is 10.0. The lowest BCUT2D eigenvalue weighted by Gasteiger charge is -2.15. The third-order valence-corrected chi connectivity index (χ3v) is 2.75. The molecule has 1 heterocycles. The summed E-state index contributed by atoms with van der Waals surface area (Å²) in [7, 11) is 0. The van der Waals surface area contributed by atoms with Crippen molar-refractivity contribution in [1.29, 1.82) is 0 Å². The molecule has 1 fully saturated rings. The summed E-state index contributed by atoms with van der Waals surface area (Å²) in [6.07, 6.45) is 1.17. The predicted molar refractivity (Wildman–Crippen MR) is 60.1 cm³/mol. The van der Waals surface area contributed by atoms with Crippen molar-refractivity contribution in [3.8, 4) is 0 Å². The Morgan fingerprint density at radius 1 is 1.25 bits per heavy atom. The van der Waals surface area contributed by atoms with Crippen molar-refractivity contribution >= 4 is 5.78 Å². The van der Waals surface area contributed by atoms with Crippen LogP contribution in [0.4, 0.5) is 0 Å². The predicted octanol–water partition coefficient (Wildman–Crippen LogP) is 1.95. The fourth-order valence-electron chi connectivity index (χ4n) is 1.94. The first kappa shape index (κ1) is 11.3. The molecular formula is C13H16O3. The molecule has 0 amide bonds. The molecule has 1 aromatic rings. The fraction of sp³-hybridized carbons (Fsp3) is 0.462. The highest BCUT2D eigenvalue weighted by atomic mass is 16.7. The SMILES string of the molecule is CC(=O)C[C@H]1OCO[C@@H]1Cc1ccccc1. The van der Waals surface area contributed by atoms with Gasteiger partial charge in [-0.25, -0.2) is 0 Å². The molecule has 2 atom stereocenters. The Hall–Kier alpha value is -1.19. The van der Waals surface area contributed by atoms with Gasteiger partial charge in [-0.15, -0.1) is 0 Å². The minimum Gasteiger partial charge on any atom is -0.349 e. The highest BCUT2D eigenvalue weighted by Gasteiger charge is 2.30. The average molecular weight is 220 g/mol. The van der Waals surface area contributed by atoms with Gasteiger partial charge in [-0.1, -0.05) is 30.3 Å². The molecule has 0 bridgehead atoms. The molecule has 0 unspecified atom stereocenters. The monoisotopic (exact) mass is 220 g/mol. The molecule has 0 saturated carbocycles. The van der Waals surface area contributed by atoms with Gasteiger partial charge in [-0.3, -0.25) is 4.79 Å². The summed E-state index contributed by atoms with van der Waals surface area (Å²) in [6.45, 7) is 1.89. The molecule has 3 heteroatoms. The number of ether oxygens (including phenoxy) is 2. The molecule has 2 rings (SSSR count). The van der Waals surface area contributed by atoms with Gasteiger partial charge in [-0.05, 0) is 12.5 Å². The number of rotatable bonds is 4. The molecule has 1 aliphatic heterocycles. The van der Waals surface area contributed by atoms with Crippen LogP contribution in [0.15, 0.2) is 30.3 Å². The van der Waals surface area contributed by atoms with E-state index in [-0.39, 0.29) is 18.0 Å². The topological polar surface area (TPSA) is 35.5 Å². The largest absolute Gasteiger partial charge is 0.349 e. The smallest absolute Gasteiger partial charge is 0.147 e. The number of carbonyl (C=O) groups excluding carboxylic acids is 1. The molecule has 1 aliphatic rings. The van der Waals surface area contributed by atoms with E-state index in [0.717, 1.165) is 6.42 Å². The lowest BCUT2D eigenvalue weighted by molar-refractivity contribution is -0.119. The van der Waals surface area contributed by atoms with Crippen LogP contribution in [0.25, 0.3) is 0 Å². The zero-order chi connectivity index (χ0) is 11.4. The second-order valence-corrected chi connectivity index (χ2v) is 4.12. The highest BCUT2D eigenvalue weighted by molar-refractivity contribution is 5.76. The fourth-order valence-corrected chi connectivity index (χ4v) is 1.94. The Morgan fingerprint density at radius 2 is 1.94 bits per heavy atom. The third-order valence-electron chi connectivity index (χ3n) is 2.75. The van der Waals surface area contributed by atoms with Crippen molar-refractivity contribution in [2.45, 2.75) is 32.0 Å². The molecule has 0 aromatic heterocycles. The molecule has 1 saturated heterocycles. The van der Waals surface area contributed by atoms with Gasteiger partial charge in [0, 0.05) is 12.8 Å². The van der Waals surface area contributed by atoms with Gasteiger partial charge in [0.1, 0.15) is 12.6 Å². The highest BCUT2D eigenvalue weighted by Crippen LogP contribution is 2.20. The van der Waals surface area contributed by atoms with Crippen molar-refractivity contribution in [2.75, 3.05) is 6.79 Å². The summed E-state index contributed by atoms with van der Waals surface area (Å²) in [6, 6.07) is 10.1. The van der Waals surface area contributed by atoms with Crippen LogP contribution in [0.3, 0.4) is 0 Å². The van der Waals surface area contributed by atoms with E-state index in [0.29, 0.717) is 13.2 Å². The Morgan fingerprint density at radius 3 is 2.62 bits per heavy atom. The summed E-state index contributed by atoms with van der Waals surface area (Å²) < 4.78 is 10.9. The number of ketones is 1. The molecule has 16 heavy (non-hydrogen) atoms. The van der Waals surface area contributed by atoms with E-state index in [1.807, 2.05) is 18.2 Å². The molecule has 0 radical (unpaired) electrons. The van der Waals surface area contributed by atoms with Crippen LogP contribution >= 0.6 is 0 Å². The van der Waals surface area contributed by atoms with Crippen LogP contribution in [0.1, 0.15) is 18.9 Å². The summed E-state index contributed by atoms with van der Waals surface area (Å²) in [5, 5.41) is 0. The molecule has 1 aromatic carbocycles. The summed E-state index contributed by atoms with van der Waals surface area (Å²) >= 11 is 0. The van der Waals surface area contributed by atoms with Gasteiger partial charge in [-0.2, -0.15) is 0 Å². The van der Waals surface area contributed by atoms with Crippen molar-refractivity contribution in [3.63, 3.8) is 0 Å². The number of Topliss-reactive ketones (excluding diaryl/α,β-unsaturated/α-hetero) is 1. The normalized spacial score (nSPS) is 24.6. The van der Waals surface area contributed by atoms with Gasteiger partial charge in [0.25, 0.3) is 0 Å². The summed E-state index contributed by atoms with van der Waals surface area (Å²) in [5.74, 6) is 0.147. The van der Waals surface area contributed by atoms with Gasteiger partial charge in [0.05, 0.1) is 12.2 Å². The van der Waals surface area contributed by atoms with E-state index in [2.05, 4.69) is 12.1 Å². The van der Waals surface area contributed by atoms with Crippen LogP contribution in [-0.4, -0.2) is 24.8 Å². The van der Waals surface area contributed by atoms with Crippen LogP contribution in [-0.2, 0) is 20.7 Å². The third kappa shape index (κ3) is 2.90. The second kappa shape index (κ2) is 5.23. The van der Waals surface area contributed by atoms with E-state index in [4.69, 9.17) is 9.47 Å². The number of hydrogen-bond acceptors (Lipinski definition) is 3. The van der Waals surface area contributed by atoms with Crippen molar-refractivity contribution in [1.82, 2.24) is 0 Å². The zero-order valence-corrected chi connectivity index (χ0v) is 9.39. The maximum Gasteiger partial charge on any atom is 0.147 e. The van der Waals surface area contributed by atoms with Crippen LogP contribution in [0.5, 0.6) is 0 Å². The Kier molecular flexibility index (Phi) is 3.70. The van der Waals surface area contributed by atoms with Gasteiger partial charge in [0.15, 0.2) is 0 Å². The molecule has 0 N–H and O–H groups in total. The standard InChI is InChI=1S/C13H16O3/c1-10(14)7-12-13(16-9-15-12)8-11-5-3-2-4-6-11/h2-6,12-13H,7-9H2,1H3/t12-,13-/m1/s1. The first-order chi connectivity index (χ1) is 7.75. The quantitative estimate of drug-likeness (QED) is 0.778. The molecule has 0 spiro atoms. The van der Waals surface area contributed by atoms with Crippen molar-refractivity contribution in [2.24, 2.45) is 0 Å². The second-order valence-electron chi connectivity index (χ2n) is 4.12. The van der Waals surface area contributed by atoms with Crippen LogP contribution < -0.4 is 0 Å². The van der Waals surface area contributed by atoms with E-state index in [1.165, 1.54) is 5.56 Å². The van der Waals surface area contributed by atoms with E-state index in [1.54, 1.807) is 6.92 Å². The molecular weight excluding hydrogens is 204 g/mol. The maximum absolute atomic E-state index is 11.1.